The smallest absolute Gasteiger partial charge is 0.227 e. The quantitative estimate of drug-likeness (QED) is 0.638. The van der Waals surface area contributed by atoms with Crippen LogP contribution in [0.1, 0.15) is 12.8 Å². The predicted octanol–water partition coefficient (Wildman–Crippen LogP) is 2.78. The van der Waals surface area contributed by atoms with Crippen molar-refractivity contribution in [3.63, 3.8) is 0 Å². The lowest BCUT2D eigenvalue weighted by atomic mass is 10.1. The maximum absolute atomic E-state index is 12.4. The van der Waals surface area contributed by atoms with Crippen molar-refractivity contribution < 1.29 is 18.0 Å². The molecule has 6 nitrogen and oxygen atoms in total. The van der Waals surface area contributed by atoms with Gasteiger partial charge in [-0.3, -0.25) is 9.59 Å². The summed E-state index contributed by atoms with van der Waals surface area (Å²) >= 11 is 3.38. The first kappa shape index (κ1) is 20.5. The Morgan fingerprint density at radius 3 is 2.61 bits per heavy atom. The molecule has 0 saturated carbocycles. The minimum Gasteiger partial charge on any atom is -0.356 e. The van der Waals surface area contributed by atoms with Crippen LogP contribution in [0, 0.1) is 5.92 Å². The topological polar surface area (TPSA) is 83.5 Å². The van der Waals surface area contributed by atoms with Crippen molar-refractivity contribution in [3.8, 4) is 0 Å². The number of amides is 2. The first-order chi connectivity index (χ1) is 13.4. The van der Waals surface area contributed by atoms with Crippen molar-refractivity contribution in [2.75, 3.05) is 23.7 Å². The average molecular weight is 465 g/mol. The Morgan fingerprint density at radius 2 is 1.89 bits per heavy atom. The highest BCUT2D eigenvalue weighted by Gasteiger charge is 2.35. The Balaban J connectivity index is 1.49. The van der Waals surface area contributed by atoms with Gasteiger partial charge in [0.1, 0.15) is 0 Å². The van der Waals surface area contributed by atoms with Crippen molar-refractivity contribution in [2.24, 2.45) is 5.92 Å². The minimum atomic E-state index is -3.35. The lowest BCUT2D eigenvalue weighted by Gasteiger charge is -2.17. The van der Waals surface area contributed by atoms with E-state index in [2.05, 4.69) is 21.2 Å². The summed E-state index contributed by atoms with van der Waals surface area (Å²) in [6.07, 6.45) is 0.472. The number of nitrogens with zero attached hydrogens (tertiary/aromatic N) is 1. The van der Waals surface area contributed by atoms with Crippen molar-refractivity contribution in [1.29, 1.82) is 0 Å². The zero-order valence-electron chi connectivity index (χ0n) is 15.2. The molecule has 8 heteroatoms. The molecule has 3 rings (SSSR count). The highest BCUT2D eigenvalue weighted by Crippen LogP contribution is 2.27. The van der Waals surface area contributed by atoms with E-state index in [-0.39, 0.29) is 35.4 Å². The van der Waals surface area contributed by atoms with Gasteiger partial charge in [-0.1, -0.05) is 40.2 Å². The number of rotatable bonds is 7. The fourth-order valence-electron chi connectivity index (χ4n) is 3.14. The third kappa shape index (κ3) is 4.99. The molecular formula is C20H21BrN2O4S. The Morgan fingerprint density at radius 1 is 1.14 bits per heavy atom. The molecule has 148 valence electrons. The van der Waals surface area contributed by atoms with Gasteiger partial charge in [-0.2, -0.15) is 0 Å². The van der Waals surface area contributed by atoms with E-state index >= 15 is 0 Å². The highest BCUT2D eigenvalue weighted by atomic mass is 79.9. The second-order valence-electron chi connectivity index (χ2n) is 6.66. The Hall–Kier alpha value is -2.19. The SMILES string of the molecule is O=C(NCCCS(=O)(=O)c1ccccc1)C1CC(=O)N(c2cccc(Br)c2)C1. The number of hydrogen-bond donors (Lipinski definition) is 1. The summed E-state index contributed by atoms with van der Waals surface area (Å²) in [5.41, 5.74) is 0.753. The summed E-state index contributed by atoms with van der Waals surface area (Å²) in [4.78, 5) is 26.5. The van der Waals surface area contributed by atoms with E-state index in [4.69, 9.17) is 0 Å². The zero-order valence-corrected chi connectivity index (χ0v) is 17.6. The molecule has 1 aliphatic heterocycles. The third-order valence-corrected chi connectivity index (χ3v) is 6.92. The van der Waals surface area contributed by atoms with Gasteiger partial charge in [0, 0.05) is 29.7 Å². The lowest BCUT2D eigenvalue weighted by molar-refractivity contribution is -0.126. The van der Waals surface area contributed by atoms with Crippen LogP contribution in [0.4, 0.5) is 5.69 Å². The molecule has 0 aromatic heterocycles. The van der Waals surface area contributed by atoms with E-state index in [1.54, 1.807) is 35.2 Å². The molecular weight excluding hydrogens is 444 g/mol. The molecule has 0 bridgehead atoms. The number of benzene rings is 2. The van der Waals surface area contributed by atoms with Crippen LogP contribution in [0.3, 0.4) is 0 Å². The molecule has 1 heterocycles. The van der Waals surface area contributed by atoms with Crippen LogP contribution in [0.5, 0.6) is 0 Å². The van der Waals surface area contributed by atoms with Gasteiger partial charge in [0.25, 0.3) is 0 Å². The second-order valence-corrected chi connectivity index (χ2v) is 9.69. The van der Waals surface area contributed by atoms with E-state index in [0.717, 1.165) is 10.2 Å². The van der Waals surface area contributed by atoms with Crippen molar-refractivity contribution in [2.45, 2.75) is 17.7 Å². The summed E-state index contributed by atoms with van der Waals surface area (Å²) in [6, 6.07) is 15.6. The van der Waals surface area contributed by atoms with Crippen molar-refractivity contribution in [3.05, 3.63) is 59.1 Å². The van der Waals surface area contributed by atoms with Crippen LogP contribution in [0.2, 0.25) is 0 Å². The molecule has 2 aromatic carbocycles. The van der Waals surface area contributed by atoms with Crippen molar-refractivity contribution in [1.82, 2.24) is 5.32 Å². The molecule has 0 radical (unpaired) electrons. The monoisotopic (exact) mass is 464 g/mol. The molecule has 1 saturated heterocycles. The Bertz CT molecular complexity index is 963. The molecule has 1 unspecified atom stereocenters. The molecule has 2 amide bonds. The lowest BCUT2D eigenvalue weighted by Crippen LogP contribution is -2.34. The Kier molecular flexibility index (Phi) is 6.51. The van der Waals surface area contributed by atoms with Crippen LogP contribution in [-0.2, 0) is 19.4 Å². The average Bonchev–Trinajstić information content (AvgIpc) is 3.08. The minimum absolute atomic E-state index is 0.0366. The fraction of sp³-hybridized carbons (Fsp3) is 0.300. The number of nitrogens with one attached hydrogen (secondary N) is 1. The predicted molar refractivity (Wildman–Crippen MR) is 111 cm³/mol. The van der Waals surface area contributed by atoms with Crippen LogP contribution in [-0.4, -0.2) is 39.1 Å². The maximum atomic E-state index is 12.4. The molecule has 1 fully saturated rings. The number of carbonyl (C=O) groups is 2. The van der Waals surface area contributed by atoms with Gasteiger partial charge in [-0.15, -0.1) is 0 Å². The van der Waals surface area contributed by atoms with Gasteiger partial charge in [0.05, 0.1) is 16.6 Å². The fourth-order valence-corrected chi connectivity index (χ4v) is 4.86. The molecule has 0 aliphatic carbocycles. The van der Waals surface area contributed by atoms with E-state index in [9.17, 15) is 18.0 Å². The van der Waals surface area contributed by atoms with Crippen LogP contribution < -0.4 is 10.2 Å². The van der Waals surface area contributed by atoms with Crippen LogP contribution in [0.25, 0.3) is 0 Å². The molecule has 28 heavy (non-hydrogen) atoms. The van der Waals surface area contributed by atoms with E-state index < -0.39 is 15.8 Å². The summed E-state index contributed by atoms with van der Waals surface area (Å²) < 4.78 is 25.3. The maximum Gasteiger partial charge on any atom is 0.227 e. The second kappa shape index (κ2) is 8.87. The van der Waals surface area contributed by atoms with Gasteiger partial charge in [0.15, 0.2) is 9.84 Å². The largest absolute Gasteiger partial charge is 0.356 e. The van der Waals surface area contributed by atoms with Crippen molar-refractivity contribution >= 4 is 43.3 Å². The van der Waals surface area contributed by atoms with E-state index in [0.29, 0.717) is 13.0 Å². The number of sulfone groups is 1. The van der Waals surface area contributed by atoms with E-state index in [1.165, 1.54) is 0 Å². The molecule has 1 N–H and O–H groups in total. The zero-order chi connectivity index (χ0) is 20.1. The number of halogens is 1. The normalized spacial score (nSPS) is 17.0. The highest BCUT2D eigenvalue weighted by molar-refractivity contribution is 9.10. The molecule has 1 atom stereocenters. The molecule has 0 spiro atoms. The summed E-state index contributed by atoms with van der Waals surface area (Å²) in [5.74, 6) is -0.782. The van der Waals surface area contributed by atoms with Crippen LogP contribution in [0.15, 0.2) is 64.0 Å². The summed E-state index contributed by atoms with van der Waals surface area (Å²) in [6.45, 7) is 0.579. The van der Waals surface area contributed by atoms with Gasteiger partial charge in [0.2, 0.25) is 11.8 Å². The number of anilines is 1. The standard InChI is InChI=1S/C20H21BrN2O4S/c21-16-6-4-7-17(13-16)23-14-15(12-19(23)24)20(25)22-10-5-11-28(26,27)18-8-2-1-3-9-18/h1-4,6-9,13,15H,5,10-12,14H2,(H,22,25). The van der Waals surface area contributed by atoms with Gasteiger partial charge in [-0.05, 0) is 36.8 Å². The number of carbonyl (C=O) groups excluding carboxylic acids is 2. The summed E-state index contributed by atoms with van der Waals surface area (Å²) in [7, 11) is -3.35. The van der Waals surface area contributed by atoms with Gasteiger partial charge < -0.3 is 10.2 Å². The molecule has 1 aliphatic rings. The molecule has 2 aromatic rings. The van der Waals surface area contributed by atoms with Gasteiger partial charge >= 0.3 is 0 Å². The van der Waals surface area contributed by atoms with Crippen LogP contribution >= 0.6 is 15.9 Å². The third-order valence-electron chi connectivity index (χ3n) is 4.61. The first-order valence-corrected chi connectivity index (χ1v) is 11.4. The van der Waals surface area contributed by atoms with E-state index in [1.807, 2.05) is 24.3 Å². The summed E-state index contributed by atoms with van der Waals surface area (Å²) in [5, 5.41) is 2.76. The Labute approximate surface area is 173 Å². The number of hydrogen-bond acceptors (Lipinski definition) is 4. The van der Waals surface area contributed by atoms with Gasteiger partial charge in [-0.25, -0.2) is 8.42 Å². The first-order valence-electron chi connectivity index (χ1n) is 8.98.